The topological polar surface area (TPSA) is 78.1 Å². The lowest BCUT2D eigenvalue weighted by Crippen LogP contribution is -2.35. The number of pyridine rings is 2. The quantitative estimate of drug-likeness (QED) is 0.459. The van der Waals surface area contributed by atoms with Gasteiger partial charge in [0.15, 0.2) is 0 Å². The number of urea groups is 1. The molecule has 156 valence electrons. The van der Waals surface area contributed by atoms with Crippen LogP contribution < -0.4 is 10.9 Å². The van der Waals surface area contributed by atoms with E-state index in [0.717, 1.165) is 22.0 Å². The maximum Gasteiger partial charge on any atom is 0.322 e. The van der Waals surface area contributed by atoms with Gasteiger partial charge in [-0.15, -0.1) is 0 Å². The Morgan fingerprint density at radius 3 is 2.74 bits per heavy atom. The van der Waals surface area contributed by atoms with Crippen LogP contribution in [0.5, 0.6) is 0 Å². The van der Waals surface area contributed by atoms with Crippen LogP contribution in [0.25, 0.3) is 10.9 Å². The molecule has 2 N–H and O–H groups in total. The van der Waals surface area contributed by atoms with Crippen LogP contribution in [0.4, 0.5) is 10.5 Å². The van der Waals surface area contributed by atoms with E-state index in [0.29, 0.717) is 22.8 Å². The molecule has 0 spiro atoms. The predicted octanol–water partition coefficient (Wildman–Crippen LogP) is 5.12. The second kappa shape index (κ2) is 9.02. The summed E-state index contributed by atoms with van der Waals surface area (Å²) in [5.41, 5.74) is 3.56. The van der Waals surface area contributed by atoms with Gasteiger partial charge in [-0.1, -0.05) is 35.9 Å². The maximum absolute atomic E-state index is 13.1. The first-order chi connectivity index (χ1) is 15.0. The number of aryl methyl sites for hydroxylation is 1. The third-order valence-corrected chi connectivity index (χ3v) is 5.13. The summed E-state index contributed by atoms with van der Waals surface area (Å²) >= 11 is 6.04. The molecule has 2 aromatic heterocycles. The Labute approximate surface area is 184 Å². The van der Waals surface area contributed by atoms with Crippen molar-refractivity contribution < 1.29 is 4.79 Å². The van der Waals surface area contributed by atoms with Gasteiger partial charge in [-0.3, -0.25) is 9.78 Å². The SMILES string of the molecule is Cc1ccc2cc(CN(Cc3cccnc3)C(=O)Nc3cccc(Cl)c3)c(=O)[nH]c2c1. The van der Waals surface area contributed by atoms with E-state index in [4.69, 9.17) is 11.6 Å². The van der Waals surface area contributed by atoms with Crippen LogP contribution in [0.15, 0.2) is 77.9 Å². The third-order valence-electron chi connectivity index (χ3n) is 4.90. The fourth-order valence-electron chi connectivity index (χ4n) is 3.36. The van der Waals surface area contributed by atoms with Gasteiger partial charge >= 0.3 is 6.03 Å². The van der Waals surface area contributed by atoms with Crippen LogP contribution in [-0.4, -0.2) is 20.9 Å². The van der Waals surface area contributed by atoms with Crippen LogP contribution >= 0.6 is 11.6 Å². The van der Waals surface area contributed by atoms with Crippen molar-refractivity contribution in [3.05, 3.63) is 105 Å². The zero-order valence-corrected chi connectivity index (χ0v) is 17.7. The minimum atomic E-state index is -0.338. The summed E-state index contributed by atoms with van der Waals surface area (Å²) in [6.07, 6.45) is 3.38. The molecule has 4 aromatic rings. The number of aromatic amines is 1. The molecule has 0 aliphatic heterocycles. The molecular formula is C24H21ClN4O2. The molecule has 31 heavy (non-hydrogen) atoms. The summed E-state index contributed by atoms with van der Waals surface area (Å²) in [7, 11) is 0. The van der Waals surface area contributed by atoms with Gasteiger partial charge in [-0.2, -0.15) is 0 Å². The summed E-state index contributed by atoms with van der Waals surface area (Å²) in [6.45, 7) is 2.41. The number of nitrogens with one attached hydrogen (secondary N) is 2. The van der Waals surface area contributed by atoms with Crippen molar-refractivity contribution in [3.63, 3.8) is 0 Å². The Morgan fingerprint density at radius 1 is 1.10 bits per heavy atom. The maximum atomic E-state index is 13.1. The Kier molecular flexibility index (Phi) is 6.00. The highest BCUT2D eigenvalue weighted by atomic mass is 35.5. The molecule has 0 saturated heterocycles. The smallest absolute Gasteiger partial charge is 0.322 e. The number of halogens is 1. The molecule has 0 aliphatic carbocycles. The fraction of sp³-hybridized carbons (Fsp3) is 0.125. The zero-order valence-electron chi connectivity index (χ0n) is 16.9. The lowest BCUT2D eigenvalue weighted by Gasteiger charge is -2.23. The normalized spacial score (nSPS) is 10.8. The Morgan fingerprint density at radius 2 is 1.97 bits per heavy atom. The highest BCUT2D eigenvalue weighted by molar-refractivity contribution is 6.30. The Hall–Kier alpha value is -3.64. The Balaban J connectivity index is 1.64. The van der Waals surface area contributed by atoms with Crippen molar-refractivity contribution in [2.75, 3.05) is 5.32 Å². The van der Waals surface area contributed by atoms with Crippen LogP contribution in [0.2, 0.25) is 5.02 Å². The first kappa shape index (κ1) is 20.6. The number of nitrogens with zero attached hydrogens (tertiary/aromatic N) is 2. The van der Waals surface area contributed by atoms with E-state index in [1.54, 1.807) is 41.6 Å². The number of aromatic nitrogens is 2. The molecule has 2 amide bonds. The predicted molar refractivity (Wildman–Crippen MR) is 123 cm³/mol. The average Bonchev–Trinajstić information content (AvgIpc) is 2.74. The van der Waals surface area contributed by atoms with Gasteiger partial charge in [0, 0.05) is 40.7 Å². The molecule has 0 radical (unpaired) electrons. The molecule has 0 bridgehead atoms. The number of hydrogen-bond acceptors (Lipinski definition) is 3. The lowest BCUT2D eigenvalue weighted by atomic mass is 10.1. The van der Waals surface area contributed by atoms with E-state index in [9.17, 15) is 9.59 Å². The summed E-state index contributed by atoms with van der Waals surface area (Å²) in [5, 5.41) is 4.30. The van der Waals surface area contributed by atoms with Gasteiger partial charge in [0.2, 0.25) is 0 Å². The van der Waals surface area contributed by atoms with Crippen molar-refractivity contribution in [1.29, 1.82) is 0 Å². The summed E-state index contributed by atoms with van der Waals surface area (Å²) in [5.74, 6) is 0. The largest absolute Gasteiger partial charge is 0.322 e. The van der Waals surface area contributed by atoms with Crippen LogP contribution in [0.3, 0.4) is 0 Å². The lowest BCUT2D eigenvalue weighted by molar-refractivity contribution is 0.206. The van der Waals surface area contributed by atoms with Crippen LogP contribution in [0, 0.1) is 6.92 Å². The summed E-state index contributed by atoms with van der Waals surface area (Å²) in [4.78, 5) is 34.4. The van der Waals surface area contributed by atoms with Gasteiger partial charge in [0.1, 0.15) is 0 Å². The van der Waals surface area contributed by atoms with Crippen LogP contribution in [0.1, 0.15) is 16.7 Å². The number of anilines is 1. The molecule has 2 heterocycles. The summed E-state index contributed by atoms with van der Waals surface area (Å²) < 4.78 is 0. The van der Waals surface area contributed by atoms with Gasteiger partial charge in [0.05, 0.1) is 6.54 Å². The third kappa shape index (κ3) is 5.10. The molecular weight excluding hydrogens is 412 g/mol. The van der Waals surface area contributed by atoms with Crippen molar-refractivity contribution >= 4 is 34.2 Å². The van der Waals surface area contributed by atoms with Crippen molar-refractivity contribution in [3.8, 4) is 0 Å². The zero-order chi connectivity index (χ0) is 21.8. The van der Waals surface area contributed by atoms with Crippen molar-refractivity contribution in [2.24, 2.45) is 0 Å². The average molecular weight is 433 g/mol. The number of benzene rings is 2. The monoisotopic (exact) mass is 432 g/mol. The summed E-state index contributed by atoms with van der Waals surface area (Å²) in [6, 6.07) is 18.0. The molecule has 2 aromatic carbocycles. The van der Waals surface area contributed by atoms with E-state index >= 15 is 0 Å². The minimum absolute atomic E-state index is 0.139. The second-order valence-corrected chi connectivity index (χ2v) is 7.81. The van der Waals surface area contributed by atoms with Gasteiger partial charge < -0.3 is 15.2 Å². The molecule has 0 fully saturated rings. The van der Waals surface area contributed by atoms with E-state index in [1.807, 2.05) is 43.3 Å². The number of carbonyl (C=O) groups is 1. The fourth-order valence-corrected chi connectivity index (χ4v) is 3.55. The van der Waals surface area contributed by atoms with E-state index in [1.165, 1.54) is 0 Å². The number of hydrogen-bond donors (Lipinski definition) is 2. The van der Waals surface area contributed by atoms with Gasteiger partial charge in [-0.05, 0) is 59.8 Å². The van der Waals surface area contributed by atoms with E-state index < -0.39 is 0 Å². The first-order valence-corrected chi connectivity index (χ1v) is 10.2. The number of H-pyrrole nitrogens is 1. The van der Waals surface area contributed by atoms with E-state index in [2.05, 4.69) is 15.3 Å². The Bertz CT molecular complexity index is 1290. The minimum Gasteiger partial charge on any atom is -0.322 e. The molecule has 0 saturated carbocycles. The first-order valence-electron chi connectivity index (χ1n) is 9.81. The van der Waals surface area contributed by atoms with Gasteiger partial charge in [-0.25, -0.2) is 4.79 Å². The molecule has 0 atom stereocenters. The standard InChI is InChI=1S/C24H21ClN4O2/c1-16-7-8-18-11-19(23(30)28-22(18)10-16)15-29(14-17-4-3-9-26-13-17)24(31)27-21-6-2-5-20(25)12-21/h2-13H,14-15H2,1H3,(H,27,31)(H,28,30). The molecule has 7 heteroatoms. The molecule has 6 nitrogen and oxygen atoms in total. The van der Waals surface area contributed by atoms with Crippen LogP contribution in [-0.2, 0) is 13.1 Å². The van der Waals surface area contributed by atoms with Crippen molar-refractivity contribution in [2.45, 2.75) is 20.0 Å². The highest BCUT2D eigenvalue weighted by Gasteiger charge is 2.17. The molecule has 0 unspecified atom stereocenters. The number of rotatable bonds is 5. The molecule has 0 aliphatic rings. The number of fused-ring (bicyclic) bond motifs is 1. The number of carbonyl (C=O) groups excluding carboxylic acids is 1. The van der Waals surface area contributed by atoms with Gasteiger partial charge in [0.25, 0.3) is 5.56 Å². The number of amides is 2. The molecule has 4 rings (SSSR count). The highest BCUT2D eigenvalue weighted by Crippen LogP contribution is 2.18. The second-order valence-electron chi connectivity index (χ2n) is 7.37. The van der Waals surface area contributed by atoms with Crippen molar-refractivity contribution in [1.82, 2.24) is 14.9 Å². The van der Waals surface area contributed by atoms with E-state index in [-0.39, 0.29) is 18.1 Å².